The lowest BCUT2D eigenvalue weighted by molar-refractivity contribution is 0.618. The Morgan fingerprint density at radius 3 is 2.77 bits per heavy atom. The highest BCUT2D eigenvalue weighted by atomic mass is 15.5. The molecule has 13 heavy (non-hydrogen) atoms. The molecule has 1 aliphatic rings. The molecule has 4 nitrogen and oxygen atoms in total. The number of fused-ring (bicyclic) bond motifs is 1. The van der Waals surface area contributed by atoms with Gasteiger partial charge < -0.3 is 4.90 Å². The van der Waals surface area contributed by atoms with Gasteiger partial charge in [-0.3, -0.25) is 0 Å². The van der Waals surface area contributed by atoms with Crippen molar-refractivity contribution in [3.63, 3.8) is 0 Å². The van der Waals surface area contributed by atoms with E-state index in [1.165, 1.54) is 0 Å². The number of aromatic nitrogens is 3. The molecule has 0 amide bonds. The number of nitrogens with zero attached hydrogens (tertiary/aromatic N) is 4. The van der Waals surface area contributed by atoms with Crippen LogP contribution in [0.1, 0.15) is 18.3 Å². The summed E-state index contributed by atoms with van der Waals surface area (Å²) in [7, 11) is 1.97. The van der Waals surface area contributed by atoms with Crippen molar-refractivity contribution in [2.45, 2.75) is 13.8 Å². The zero-order valence-corrected chi connectivity index (χ0v) is 8.07. The summed E-state index contributed by atoms with van der Waals surface area (Å²) in [5.74, 6) is 0. The molecule has 0 saturated carbocycles. The Hall–Kier alpha value is -1.58. The van der Waals surface area contributed by atoms with E-state index in [4.69, 9.17) is 0 Å². The van der Waals surface area contributed by atoms with Crippen molar-refractivity contribution >= 4 is 11.4 Å². The van der Waals surface area contributed by atoms with Crippen LogP contribution in [0.5, 0.6) is 0 Å². The van der Waals surface area contributed by atoms with E-state index in [-0.39, 0.29) is 0 Å². The summed E-state index contributed by atoms with van der Waals surface area (Å²) in [4.78, 5) is 1.99. The molecular weight excluding hydrogens is 164 g/mol. The van der Waals surface area contributed by atoms with Gasteiger partial charge in [0.15, 0.2) is 0 Å². The van der Waals surface area contributed by atoms with Crippen LogP contribution >= 0.6 is 0 Å². The predicted molar refractivity (Wildman–Crippen MR) is 51.5 cm³/mol. The third-order valence-electron chi connectivity index (χ3n) is 2.25. The molecule has 0 saturated heterocycles. The van der Waals surface area contributed by atoms with Crippen LogP contribution < -0.4 is 0 Å². The van der Waals surface area contributed by atoms with Crippen LogP contribution in [-0.4, -0.2) is 26.9 Å². The van der Waals surface area contributed by atoms with Gasteiger partial charge in [-0.1, -0.05) is 11.8 Å². The van der Waals surface area contributed by atoms with Crippen LogP contribution in [0.4, 0.5) is 0 Å². The van der Waals surface area contributed by atoms with Gasteiger partial charge >= 0.3 is 0 Å². The largest absolute Gasteiger partial charge is 0.348 e. The van der Waals surface area contributed by atoms with Gasteiger partial charge in [0.25, 0.3) is 0 Å². The summed E-state index contributed by atoms with van der Waals surface area (Å²) < 4.78 is 1.82. The first-order chi connectivity index (χ1) is 6.11. The fraction of sp³-hybridized carbons (Fsp3) is 0.333. The van der Waals surface area contributed by atoms with Crippen molar-refractivity contribution in [1.82, 2.24) is 19.9 Å². The van der Waals surface area contributed by atoms with E-state index in [2.05, 4.69) is 16.9 Å². The van der Waals surface area contributed by atoms with Gasteiger partial charge in [0.1, 0.15) is 5.69 Å². The van der Waals surface area contributed by atoms with Crippen molar-refractivity contribution in [3.05, 3.63) is 24.2 Å². The zero-order valence-electron chi connectivity index (χ0n) is 8.07. The summed E-state index contributed by atoms with van der Waals surface area (Å²) >= 11 is 0. The lowest BCUT2D eigenvalue weighted by Crippen LogP contribution is -2.19. The molecule has 1 aromatic heterocycles. The van der Waals surface area contributed by atoms with Crippen molar-refractivity contribution in [2.75, 3.05) is 7.05 Å². The highest BCUT2D eigenvalue weighted by molar-refractivity contribution is 5.68. The summed E-state index contributed by atoms with van der Waals surface area (Å²) in [6.07, 6.45) is 1.99. The molecule has 2 rings (SSSR count). The average Bonchev–Trinajstić information content (AvgIpc) is 2.44. The van der Waals surface area contributed by atoms with E-state index < -0.39 is 0 Å². The molecule has 0 fully saturated rings. The molecule has 68 valence electrons. The van der Waals surface area contributed by atoms with Crippen LogP contribution in [0, 0.1) is 6.92 Å². The quantitative estimate of drug-likeness (QED) is 0.598. The number of hydrogen-bond acceptors (Lipinski definition) is 3. The molecule has 4 heteroatoms. The van der Waals surface area contributed by atoms with Crippen molar-refractivity contribution in [1.29, 1.82) is 0 Å². The van der Waals surface area contributed by atoms with E-state index in [0.717, 1.165) is 22.8 Å². The smallest absolute Gasteiger partial charge is 0.113 e. The first-order valence-electron chi connectivity index (χ1n) is 4.14. The Morgan fingerprint density at radius 1 is 1.38 bits per heavy atom. The lowest BCUT2D eigenvalue weighted by atomic mass is 10.2. The highest BCUT2D eigenvalue weighted by Crippen LogP contribution is 2.26. The minimum Gasteiger partial charge on any atom is -0.348 e. The SMILES string of the molecule is C=C1c2c(C)nnn2C(C)=CN1C. The lowest BCUT2D eigenvalue weighted by Gasteiger charge is -2.24. The Morgan fingerprint density at radius 2 is 2.08 bits per heavy atom. The van der Waals surface area contributed by atoms with Gasteiger partial charge in [0.05, 0.1) is 17.1 Å². The Balaban J connectivity index is 2.67. The molecular formula is C9H12N4. The van der Waals surface area contributed by atoms with Crippen molar-refractivity contribution < 1.29 is 0 Å². The summed E-state index contributed by atoms with van der Waals surface area (Å²) in [6.45, 7) is 7.93. The number of allylic oxidation sites excluding steroid dienone is 1. The van der Waals surface area contributed by atoms with E-state index in [1.807, 2.05) is 36.7 Å². The van der Waals surface area contributed by atoms with Gasteiger partial charge in [0.2, 0.25) is 0 Å². The maximum Gasteiger partial charge on any atom is 0.113 e. The summed E-state index contributed by atoms with van der Waals surface area (Å²) in [5, 5.41) is 8.05. The van der Waals surface area contributed by atoms with Crippen molar-refractivity contribution in [2.24, 2.45) is 0 Å². The monoisotopic (exact) mass is 176 g/mol. The number of hydrogen-bond donors (Lipinski definition) is 0. The van der Waals surface area contributed by atoms with Crippen LogP contribution in [0.3, 0.4) is 0 Å². The molecule has 2 heterocycles. The normalized spacial score (nSPS) is 15.8. The first-order valence-corrected chi connectivity index (χ1v) is 4.14. The molecule has 0 bridgehead atoms. The van der Waals surface area contributed by atoms with Crippen LogP contribution in [0.15, 0.2) is 12.8 Å². The zero-order chi connectivity index (χ0) is 9.59. The van der Waals surface area contributed by atoms with Gasteiger partial charge in [0, 0.05) is 13.2 Å². The number of aryl methyl sites for hydroxylation is 1. The van der Waals surface area contributed by atoms with Crippen LogP contribution in [0.2, 0.25) is 0 Å². The molecule has 0 radical (unpaired) electrons. The number of rotatable bonds is 0. The van der Waals surface area contributed by atoms with E-state index in [1.54, 1.807) is 0 Å². The molecule has 1 aliphatic heterocycles. The van der Waals surface area contributed by atoms with Gasteiger partial charge in [-0.15, -0.1) is 5.10 Å². The summed E-state index contributed by atoms with van der Waals surface area (Å²) in [6, 6.07) is 0. The van der Waals surface area contributed by atoms with E-state index >= 15 is 0 Å². The Bertz CT molecular complexity index is 400. The van der Waals surface area contributed by atoms with Gasteiger partial charge in [-0.2, -0.15) is 0 Å². The van der Waals surface area contributed by atoms with Gasteiger partial charge in [-0.05, 0) is 13.8 Å². The Labute approximate surface area is 77.2 Å². The molecule has 0 unspecified atom stereocenters. The Kier molecular flexibility index (Phi) is 1.52. The highest BCUT2D eigenvalue weighted by Gasteiger charge is 2.20. The second-order valence-corrected chi connectivity index (χ2v) is 3.26. The fourth-order valence-electron chi connectivity index (χ4n) is 1.52. The maximum absolute atomic E-state index is 4.03. The fourth-order valence-corrected chi connectivity index (χ4v) is 1.52. The molecule has 0 aromatic carbocycles. The first kappa shape index (κ1) is 8.04. The second-order valence-electron chi connectivity index (χ2n) is 3.26. The molecule has 1 aromatic rings. The van der Waals surface area contributed by atoms with Crippen LogP contribution in [-0.2, 0) is 0 Å². The van der Waals surface area contributed by atoms with Crippen LogP contribution in [0.25, 0.3) is 11.4 Å². The maximum atomic E-state index is 4.03. The summed E-state index contributed by atoms with van der Waals surface area (Å²) in [5.41, 5.74) is 3.92. The molecule has 0 N–H and O–H groups in total. The molecule has 0 spiro atoms. The van der Waals surface area contributed by atoms with Gasteiger partial charge in [-0.25, -0.2) is 4.68 Å². The standard InChI is InChI=1S/C9H12N4/c1-6-5-12(4)8(3)9-7(2)10-11-13(6)9/h5H,3H2,1-2,4H3. The molecule has 0 atom stereocenters. The minimum atomic E-state index is 0.921. The predicted octanol–water partition coefficient (Wildman–Crippen LogP) is 1.32. The molecule has 0 aliphatic carbocycles. The van der Waals surface area contributed by atoms with E-state index in [0.29, 0.717) is 0 Å². The third kappa shape index (κ3) is 0.983. The van der Waals surface area contributed by atoms with Crippen molar-refractivity contribution in [3.8, 4) is 0 Å². The average molecular weight is 176 g/mol. The van der Waals surface area contributed by atoms with E-state index in [9.17, 15) is 0 Å². The third-order valence-corrected chi connectivity index (χ3v) is 2.25. The second kappa shape index (κ2) is 2.45. The topological polar surface area (TPSA) is 34.0 Å². The minimum absolute atomic E-state index is 0.921.